The first-order chi connectivity index (χ1) is 10.6. The normalized spacial score (nSPS) is 15.7. The molecule has 0 bridgehead atoms. The quantitative estimate of drug-likeness (QED) is 0.221. The van der Waals surface area contributed by atoms with Gasteiger partial charge in [-0.1, -0.05) is 0 Å². The van der Waals surface area contributed by atoms with E-state index in [-0.39, 0.29) is 0 Å². The van der Waals surface area contributed by atoms with E-state index >= 15 is 0 Å². The Kier molecular flexibility index (Phi) is 8.77. The van der Waals surface area contributed by atoms with Gasteiger partial charge in [-0.25, -0.2) is 0 Å². The minimum Gasteiger partial charge on any atom is -0.480 e. The van der Waals surface area contributed by atoms with Crippen molar-refractivity contribution in [1.82, 2.24) is 16.0 Å². The Hall–Kier alpha value is -2.24. The molecule has 0 aromatic rings. The van der Waals surface area contributed by atoms with E-state index in [2.05, 4.69) is 10.6 Å². The maximum atomic E-state index is 12.1. The fourth-order valence-corrected chi connectivity index (χ4v) is 1.56. The summed E-state index contributed by atoms with van der Waals surface area (Å²) >= 11 is 0. The molecule has 0 aliphatic rings. The van der Waals surface area contributed by atoms with Gasteiger partial charge in [0.25, 0.3) is 0 Å². The zero-order valence-electron chi connectivity index (χ0n) is 12.8. The molecule has 0 spiro atoms. The number of amides is 3. The summed E-state index contributed by atoms with van der Waals surface area (Å²) in [5.74, 6) is -3.86. The van der Waals surface area contributed by atoms with Crippen molar-refractivity contribution < 1.29 is 34.5 Å². The Morgan fingerprint density at radius 3 is 1.83 bits per heavy atom. The van der Waals surface area contributed by atoms with E-state index in [4.69, 9.17) is 10.8 Å². The highest BCUT2D eigenvalue weighted by atomic mass is 16.4. The number of aliphatic hydroxyl groups is 2. The van der Waals surface area contributed by atoms with Crippen LogP contribution in [0.25, 0.3) is 0 Å². The fourth-order valence-electron chi connectivity index (χ4n) is 1.56. The Labute approximate surface area is 132 Å². The highest BCUT2D eigenvalue weighted by Gasteiger charge is 2.31. The van der Waals surface area contributed by atoms with Crippen LogP contribution in [0.15, 0.2) is 0 Å². The Bertz CT molecular complexity index is 453. The van der Waals surface area contributed by atoms with Gasteiger partial charge in [-0.3, -0.25) is 19.2 Å². The molecule has 3 amide bonds. The van der Waals surface area contributed by atoms with Gasteiger partial charge in [-0.05, 0) is 13.8 Å². The fraction of sp³-hybridized carbons (Fsp3) is 0.667. The second-order valence-electron chi connectivity index (χ2n) is 4.83. The molecule has 11 nitrogen and oxygen atoms in total. The molecule has 0 aliphatic carbocycles. The van der Waals surface area contributed by atoms with Crippen LogP contribution in [0.4, 0.5) is 0 Å². The van der Waals surface area contributed by atoms with E-state index < -0.39 is 61.1 Å². The minimum absolute atomic E-state index is 0.407. The van der Waals surface area contributed by atoms with Crippen molar-refractivity contribution in [2.75, 3.05) is 13.1 Å². The van der Waals surface area contributed by atoms with Crippen LogP contribution in [-0.4, -0.2) is 76.4 Å². The van der Waals surface area contributed by atoms with E-state index in [1.54, 1.807) is 0 Å². The van der Waals surface area contributed by atoms with Crippen LogP contribution >= 0.6 is 0 Å². The molecule has 4 atom stereocenters. The summed E-state index contributed by atoms with van der Waals surface area (Å²) < 4.78 is 0. The average Bonchev–Trinajstić information content (AvgIpc) is 2.46. The van der Waals surface area contributed by atoms with Gasteiger partial charge in [-0.15, -0.1) is 0 Å². The molecule has 0 aromatic carbocycles. The number of carbonyl (C=O) groups excluding carboxylic acids is 3. The third kappa shape index (κ3) is 7.54. The number of aliphatic carboxylic acids is 1. The molecular weight excluding hydrogens is 312 g/mol. The number of hydrogen-bond donors (Lipinski definition) is 7. The molecular formula is C12H22N4O7. The summed E-state index contributed by atoms with van der Waals surface area (Å²) in [5.41, 5.74) is 5.10. The van der Waals surface area contributed by atoms with E-state index in [9.17, 15) is 29.4 Å². The van der Waals surface area contributed by atoms with Crippen molar-refractivity contribution in [3.63, 3.8) is 0 Å². The highest BCUT2D eigenvalue weighted by molar-refractivity contribution is 5.93. The first kappa shape index (κ1) is 20.8. The van der Waals surface area contributed by atoms with Gasteiger partial charge >= 0.3 is 5.97 Å². The highest BCUT2D eigenvalue weighted by Crippen LogP contribution is 1.99. The van der Waals surface area contributed by atoms with Crippen LogP contribution in [0.1, 0.15) is 13.8 Å². The third-order valence-corrected chi connectivity index (χ3v) is 2.74. The Balaban J connectivity index is 4.96. The summed E-state index contributed by atoms with van der Waals surface area (Å²) in [7, 11) is 0. The zero-order chi connectivity index (χ0) is 18.2. The lowest BCUT2D eigenvalue weighted by atomic mass is 10.1. The SMILES string of the molecule is C[C@@H](O)[C@H](NC(=O)CN)C(=O)N[C@H](C(=O)NCC(=O)O)[C@@H](C)O. The van der Waals surface area contributed by atoms with Crippen molar-refractivity contribution >= 4 is 23.7 Å². The van der Waals surface area contributed by atoms with Crippen LogP contribution in [0, 0.1) is 0 Å². The molecule has 0 aromatic heterocycles. The summed E-state index contributed by atoms with van der Waals surface area (Å²) in [4.78, 5) is 45.5. The molecule has 0 saturated carbocycles. The smallest absolute Gasteiger partial charge is 0.322 e. The van der Waals surface area contributed by atoms with E-state index in [0.29, 0.717) is 0 Å². The molecule has 0 heterocycles. The summed E-state index contributed by atoms with van der Waals surface area (Å²) in [6, 6.07) is -2.85. The number of carboxylic acid groups (broad SMARTS) is 1. The van der Waals surface area contributed by atoms with E-state index in [1.807, 2.05) is 5.32 Å². The van der Waals surface area contributed by atoms with Crippen molar-refractivity contribution in [2.24, 2.45) is 5.73 Å². The third-order valence-electron chi connectivity index (χ3n) is 2.74. The second-order valence-corrected chi connectivity index (χ2v) is 4.83. The van der Waals surface area contributed by atoms with Crippen LogP contribution in [0.2, 0.25) is 0 Å². The predicted octanol–water partition coefficient (Wildman–Crippen LogP) is -4.12. The lowest BCUT2D eigenvalue weighted by Gasteiger charge is -2.25. The van der Waals surface area contributed by atoms with Gasteiger partial charge < -0.3 is 37.0 Å². The Morgan fingerprint density at radius 2 is 1.43 bits per heavy atom. The number of nitrogens with one attached hydrogen (secondary N) is 3. The monoisotopic (exact) mass is 334 g/mol. The van der Waals surface area contributed by atoms with E-state index in [0.717, 1.165) is 0 Å². The molecule has 0 saturated heterocycles. The number of nitrogens with two attached hydrogens (primary N) is 1. The van der Waals surface area contributed by atoms with Crippen molar-refractivity contribution in [2.45, 2.75) is 38.1 Å². The summed E-state index contributed by atoms with van der Waals surface area (Å²) in [5, 5.41) is 33.9. The molecule has 11 heteroatoms. The van der Waals surface area contributed by atoms with Gasteiger partial charge in [0, 0.05) is 0 Å². The molecule has 23 heavy (non-hydrogen) atoms. The average molecular weight is 334 g/mol. The van der Waals surface area contributed by atoms with Crippen LogP contribution in [0.3, 0.4) is 0 Å². The molecule has 0 unspecified atom stereocenters. The number of rotatable bonds is 9. The van der Waals surface area contributed by atoms with Gasteiger partial charge in [0.1, 0.15) is 18.6 Å². The predicted molar refractivity (Wildman–Crippen MR) is 76.9 cm³/mol. The molecule has 0 rings (SSSR count). The standard InChI is InChI=1S/C12H22N4O7/c1-5(17)9(11(22)14-4-8(20)21)16-12(23)10(6(2)18)15-7(19)3-13/h5-6,9-10,17-18H,3-4,13H2,1-2H3,(H,14,22)(H,15,19)(H,16,23)(H,20,21)/t5-,6-,9+,10+/m1/s1. The number of hydrogen-bond acceptors (Lipinski definition) is 7. The molecule has 0 aliphatic heterocycles. The molecule has 132 valence electrons. The Morgan fingerprint density at radius 1 is 0.957 bits per heavy atom. The minimum atomic E-state index is -1.46. The lowest BCUT2D eigenvalue weighted by molar-refractivity contribution is -0.139. The molecule has 0 fully saturated rings. The molecule has 8 N–H and O–H groups in total. The summed E-state index contributed by atoms with van der Waals surface area (Å²) in [6.07, 6.45) is -2.63. The zero-order valence-corrected chi connectivity index (χ0v) is 12.8. The lowest BCUT2D eigenvalue weighted by Crippen LogP contribution is -2.60. The van der Waals surface area contributed by atoms with Crippen LogP contribution in [0.5, 0.6) is 0 Å². The number of aliphatic hydroxyl groups excluding tert-OH is 2. The van der Waals surface area contributed by atoms with E-state index in [1.165, 1.54) is 13.8 Å². The largest absolute Gasteiger partial charge is 0.480 e. The van der Waals surface area contributed by atoms with Crippen molar-refractivity contribution in [3.05, 3.63) is 0 Å². The molecule has 0 radical (unpaired) electrons. The topological polar surface area (TPSA) is 191 Å². The van der Waals surface area contributed by atoms with Crippen molar-refractivity contribution in [1.29, 1.82) is 0 Å². The van der Waals surface area contributed by atoms with Crippen molar-refractivity contribution in [3.8, 4) is 0 Å². The first-order valence-corrected chi connectivity index (χ1v) is 6.75. The van der Waals surface area contributed by atoms with Gasteiger partial charge in [0.15, 0.2) is 0 Å². The first-order valence-electron chi connectivity index (χ1n) is 6.75. The van der Waals surface area contributed by atoms with Crippen LogP contribution < -0.4 is 21.7 Å². The summed E-state index contributed by atoms with van der Waals surface area (Å²) in [6.45, 7) is 1.35. The van der Waals surface area contributed by atoms with Gasteiger partial charge in [-0.2, -0.15) is 0 Å². The second kappa shape index (κ2) is 9.71. The van der Waals surface area contributed by atoms with Gasteiger partial charge in [0.05, 0.1) is 18.8 Å². The number of carbonyl (C=O) groups is 4. The maximum absolute atomic E-state index is 12.1. The number of carboxylic acids is 1. The van der Waals surface area contributed by atoms with Gasteiger partial charge in [0.2, 0.25) is 17.7 Å². The maximum Gasteiger partial charge on any atom is 0.322 e. The van der Waals surface area contributed by atoms with Crippen LogP contribution in [-0.2, 0) is 19.2 Å².